The van der Waals surface area contributed by atoms with Gasteiger partial charge < -0.3 is 20.9 Å². The van der Waals surface area contributed by atoms with Crippen molar-refractivity contribution in [2.45, 2.75) is 59.0 Å². The minimum Gasteiger partial charge on any atom is -0.357 e. The number of carbonyl (C=O) groups is 2. The summed E-state index contributed by atoms with van der Waals surface area (Å²) < 4.78 is 0. The number of fused-ring (bicyclic) bond motifs is 1. The zero-order valence-corrected chi connectivity index (χ0v) is 18.2. The van der Waals surface area contributed by atoms with Gasteiger partial charge >= 0.3 is 0 Å². The van der Waals surface area contributed by atoms with Gasteiger partial charge in [-0.05, 0) is 51.7 Å². The molecule has 1 aliphatic rings. The summed E-state index contributed by atoms with van der Waals surface area (Å²) >= 11 is 0. The third-order valence-corrected chi connectivity index (χ3v) is 4.58. The molecule has 0 radical (unpaired) electrons. The van der Waals surface area contributed by atoms with Gasteiger partial charge in [0.05, 0.1) is 0 Å². The molecule has 1 heterocycles. The van der Waals surface area contributed by atoms with Gasteiger partial charge in [-0.2, -0.15) is 0 Å². The van der Waals surface area contributed by atoms with E-state index in [9.17, 15) is 9.59 Å². The molecule has 0 unspecified atom stereocenters. The fourth-order valence-corrected chi connectivity index (χ4v) is 3.26. The average molecular weight is 402 g/mol. The number of aliphatic imine (C=N–C) groups is 1. The molecule has 1 aliphatic heterocycles. The molecule has 0 aromatic heterocycles. The Hall–Kier alpha value is -2.57. The topological polar surface area (TPSA) is 85.8 Å². The summed E-state index contributed by atoms with van der Waals surface area (Å²) in [6, 6.07) is 8.33. The van der Waals surface area contributed by atoms with Crippen molar-refractivity contribution in [1.29, 1.82) is 0 Å². The van der Waals surface area contributed by atoms with Crippen LogP contribution in [0.2, 0.25) is 0 Å². The number of rotatable bonds is 7. The van der Waals surface area contributed by atoms with E-state index in [-0.39, 0.29) is 23.9 Å². The molecule has 1 aromatic rings. The summed E-state index contributed by atoms with van der Waals surface area (Å²) in [5.74, 6) is 0.666. The minimum absolute atomic E-state index is 0.0682. The highest BCUT2D eigenvalue weighted by atomic mass is 16.2. The predicted molar refractivity (Wildman–Crippen MR) is 117 cm³/mol. The highest BCUT2D eigenvalue weighted by molar-refractivity contribution is 5.85. The average Bonchev–Trinajstić information content (AvgIpc) is 2.67. The highest BCUT2D eigenvalue weighted by Gasteiger charge is 2.19. The Morgan fingerprint density at radius 2 is 1.86 bits per heavy atom. The Morgan fingerprint density at radius 3 is 2.55 bits per heavy atom. The number of benzene rings is 1. The van der Waals surface area contributed by atoms with Gasteiger partial charge in [-0.1, -0.05) is 24.3 Å². The van der Waals surface area contributed by atoms with Gasteiger partial charge in [0.1, 0.15) is 6.54 Å². The Bertz CT molecular complexity index is 724. The Labute approximate surface area is 174 Å². The number of hydrogen-bond donors (Lipinski definition) is 3. The normalized spacial score (nSPS) is 14.2. The Kier molecular flexibility index (Phi) is 8.49. The number of amides is 2. The number of carbonyl (C=O) groups excluding carboxylic acids is 2. The first kappa shape index (κ1) is 22.7. The van der Waals surface area contributed by atoms with Crippen molar-refractivity contribution < 1.29 is 9.59 Å². The van der Waals surface area contributed by atoms with E-state index in [1.54, 1.807) is 0 Å². The first-order valence-electron chi connectivity index (χ1n) is 10.5. The molecule has 0 spiro atoms. The van der Waals surface area contributed by atoms with E-state index >= 15 is 0 Å². The van der Waals surface area contributed by atoms with E-state index < -0.39 is 0 Å². The first-order chi connectivity index (χ1) is 13.8. The molecule has 0 atom stereocenters. The molecule has 160 valence electrons. The summed E-state index contributed by atoms with van der Waals surface area (Å²) in [5, 5.41) is 9.22. The lowest BCUT2D eigenvalue weighted by molar-refractivity contribution is -0.132. The lowest BCUT2D eigenvalue weighted by atomic mass is 9.99. The summed E-state index contributed by atoms with van der Waals surface area (Å²) in [6.07, 6.45) is 2.14. The fraction of sp³-hybridized carbons (Fsp3) is 0.591. The number of hydrogen-bond acceptors (Lipinski definition) is 3. The van der Waals surface area contributed by atoms with E-state index in [2.05, 4.69) is 39.1 Å². The van der Waals surface area contributed by atoms with Crippen molar-refractivity contribution in [2.75, 3.05) is 26.2 Å². The van der Waals surface area contributed by atoms with Crippen LogP contribution < -0.4 is 16.0 Å². The molecule has 0 aliphatic carbocycles. The van der Waals surface area contributed by atoms with E-state index in [0.29, 0.717) is 32.0 Å². The van der Waals surface area contributed by atoms with Gasteiger partial charge in [0.25, 0.3) is 0 Å². The molecule has 1 aromatic carbocycles. The first-order valence-corrected chi connectivity index (χ1v) is 10.5. The lowest BCUT2D eigenvalue weighted by Gasteiger charge is -2.29. The molecule has 29 heavy (non-hydrogen) atoms. The van der Waals surface area contributed by atoms with Crippen LogP contribution in [0.4, 0.5) is 0 Å². The number of nitrogens with one attached hydrogen (secondary N) is 3. The highest BCUT2D eigenvalue weighted by Crippen LogP contribution is 2.19. The zero-order valence-electron chi connectivity index (χ0n) is 18.2. The van der Waals surface area contributed by atoms with Crippen LogP contribution in [0.15, 0.2) is 29.3 Å². The van der Waals surface area contributed by atoms with Crippen LogP contribution in [-0.4, -0.2) is 54.4 Å². The second-order valence-corrected chi connectivity index (χ2v) is 8.36. The molecule has 0 saturated heterocycles. The third-order valence-electron chi connectivity index (χ3n) is 4.58. The van der Waals surface area contributed by atoms with Crippen LogP contribution in [0.3, 0.4) is 0 Å². The molecule has 0 bridgehead atoms. The number of guanidine groups is 1. The summed E-state index contributed by atoms with van der Waals surface area (Å²) in [6.45, 7) is 10.7. The van der Waals surface area contributed by atoms with Crippen LogP contribution in [0.5, 0.6) is 0 Å². The van der Waals surface area contributed by atoms with Crippen molar-refractivity contribution in [1.82, 2.24) is 20.9 Å². The predicted octanol–water partition coefficient (Wildman–Crippen LogP) is 1.82. The van der Waals surface area contributed by atoms with Gasteiger partial charge in [0, 0.05) is 38.1 Å². The molecule has 7 heteroatoms. The minimum atomic E-state index is -0.270. The molecular weight excluding hydrogens is 366 g/mol. The zero-order chi connectivity index (χ0) is 21.3. The van der Waals surface area contributed by atoms with E-state index in [0.717, 1.165) is 19.4 Å². The molecular formula is C22H35N5O2. The SMILES string of the molecule is CCNC(=NCC(=O)NC(C)(C)C)NCCCC(=O)N1CCc2ccccc2C1. The maximum Gasteiger partial charge on any atom is 0.242 e. The fourth-order valence-electron chi connectivity index (χ4n) is 3.26. The molecule has 2 rings (SSSR count). The quantitative estimate of drug-likeness (QED) is 0.370. The largest absolute Gasteiger partial charge is 0.357 e. The third kappa shape index (κ3) is 8.13. The second-order valence-electron chi connectivity index (χ2n) is 8.36. The van der Waals surface area contributed by atoms with E-state index in [1.165, 1.54) is 11.1 Å². The van der Waals surface area contributed by atoms with Gasteiger partial charge in [0.15, 0.2) is 5.96 Å². The van der Waals surface area contributed by atoms with Gasteiger partial charge in [-0.3, -0.25) is 9.59 Å². The van der Waals surface area contributed by atoms with Gasteiger partial charge in [-0.15, -0.1) is 0 Å². The van der Waals surface area contributed by atoms with Gasteiger partial charge in [0.2, 0.25) is 11.8 Å². The molecule has 0 fully saturated rings. The summed E-state index contributed by atoms with van der Waals surface area (Å²) in [4.78, 5) is 30.7. The van der Waals surface area contributed by atoms with Crippen LogP contribution >= 0.6 is 0 Å². The van der Waals surface area contributed by atoms with Crippen molar-refractivity contribution in [3.8, 4) is 0 Å². The van der Waals surface area contributed by atoms with Crippen molar-refractivity contribution >= 4 is 17.8 Å². The van der Waals surface area contributed by atoms with Crippen molar-refractivity contribution in [2.24, 2.45) is 4.99 Å². The van der Waals surface area contributed by atoms with Crippen LogP contribution in [0.1, 0.15) is 51.7 Å². The molecule has 7 nitrogen and oxygen atoms in total. The Balaban J connectivity index is 1.73. The van der Waals surface area contributed by atoms with Crippen LogP contribution in [0.25, 0.3) is 0 Å². The second kappa shape index (κ2) is 10.8. The molecule has 2 amide bonds. The number of nitrogens with zero attached hydrogens (tertiary/aromatic N) is 2. The van der Waals surface area contributed by atoms with Crippen molar-refractivity contribution in [3.05, 3.63) is 35.4 Å². The maximum atomic E-state index is 12.5. The van der Waals surface area contributed by atoms with E-state index in [1.807, 2.05) is 38.7 Å². The molecule has 0 saturated carbocycles. The maximum absolute atomic E-state index is 12.5. The van der Waals surface area contributed by atoms with Crippen LogP contribution in [-0.2, 0) is 22.6 Å². The monoisotopic (exact) mass is 401 g/mol. The van der Waals surface area contributed by atoms with Crippen LogP contribution in [0, 0.1) is 0 Å². The van der Waals surface area contributed by atoms with E-state index in [4.69, 9.17) is 0 Å². The van der Waals surface area contributed by atoms with Crippen molar-refractivity contribution in [3.63, 3.8) is 0 Å². The van der Waals surface area contributed by atoms with Gasteiger partial charge in [-0.25, -0.2) is 4.99 Å². The summed E-state index contributed by atoms with van der Waals surface area (Å²) in [7, 11) is 0. The lowest BCUT2D eigenvalue weighted by Crippen LogP contribution is -2.43. The summed E-state index contributed by atoms with van der Waals surface area (Å²) in [5.41, 5.74) is 2.33. The Morgan fingerprint density at radius 1 is 1.14 bits per heavy atom. The standard InChI is InChI=1S/C22H35N5O2/c1-5-23-21(25-15-19(28)26-22(2,3)4)24-13-8-11-20(29)27-14-12-17-9-6-7-10-18(17)16-27/h6-7,9-10H,5,8,11-16H2,1-4H3,(H,26,28)(H2,23,24,25). The molecule has 3 N–H and O–H groups in total. The smallest absolute Gasteiger partial charge is 0.242 e.